The van der Waals surface area contributed by atoms with E-state index >= 15 is 0 Å². The molecule has 1 aliphatic rings. The molecule has 1 aliphatic heterocycles. The van der Waals surface area contributed by atoms with E-state index in [4.69, 9.17) is 5.73 Å². The van der Waals surface area contributed by atoms with E-state index in [1.54, 1.807) is 20.8 Å². The van der Waals surface area contributed by atoms with Gasteiger partial charge in [-0.05, 0) is 19.8 Å². The fraction of sp³-hybridized carbons (Fsp3) is 0.765. The van der Waals surface area contributed by atoms with Gasteiger partial charge >= 0.3 is 0 Å². The minimum Gasteiger partial charge on any atom is -0.321 e. The average molecular weight is 356 g/mol. The third-order valence-corrected chi connectivity index (χ3v) is 5.35. The van der Waals surface area contributed by atoms with Crippen LogP contribution in [0.5, 0.6) is 0 Å². The Morgan fingerprint density at radius 2 is 1.92 bits per heavy atom. The highest BCUT2D eigenvalue weighted by Gasteiger charge is 2.38. The molecule has 0 radical (unpaired) electrons. The second-order valence-electron chi connectivity index (χ2n) is 6.59. The highest BCUT2D eigenvalue weighted by Crippen LogP contribution is 2.26. The molecule has 7 heteroatoms. The smallest absolute Gasteiger partial charge is 0.242 e. The molecule has 2 N–H and O–H groups in total. The van der Waals surface area contributed by atoms with Crippen LogP contribution in [0.3, 0.4) is 0 Å². The number of ketones is 2. The normalized spacial score (nSPS) is 19.2. The number of hydrogen-bond donors (Lipinski definition) is 1. The number of nitrogens with zero attached hydrogens (tertiary/aromatic N) is 1. The van der Waals surface area contributed by atoms with Crippen molar-refractivity contribution in [1.82, 2.24) is 4.90 Å². The maximum Gasteiger partial charge on any atom is 0.242 e. The maximum absolute atomic E-state index is 12.3. The second kappa shape index (κ2) is 9.93. The lowest BCUT2D eigenvalue weighted by atomic mass is 10.0. The van der Waals surface area contributed by atoms with Crippen LogP contribution in [0.2, 0.25) is 0 Å². The van der Waals surface area contributed by atoms with Gasteiger partial charge in [0.25, 0.3) is 0 Å². The summed E-state index contributed by atoms with van der Waals surface area (Å²) in [7, 11) is 0. The average Bonchev–Trinajstić information content (AvgIpc) is 2.78. The standard InChI is InChI=1S/C17H28N2O4S/c1-11(2)16(22)13(18)10-24-14-9-15(21)19(17(14)23)8-6-4-5-7-12(3)20/h11,13-14H,4-10,18H2,1-3H3. The van der Waals surface area contributed by atoms with E-state index in [0.29, 0.717) is 25.1 Å². The van der Waals surface area contributed by atoms with E-state index in [1.807, 2.05) is 0 Å². The molecule has 24 heavy (non-hydrogen) atoms. The summed E-state index contributed by atoms with van der Waals surface area (Å²) in [6.07, 6.45) is 3.05. The van der Waals surface area contributed by atoms with Gasteiger partial charge < -0.3 is 10.5 Å². The van der Waals surface area contributed by atoms with Gasteiger partial charge in [-0.1, -0.05) is 20.3 Å². The number of rotatable bonds is 11. The molecule has 0 aromatic rings. The van der Waals surface area contributed by atoms with Gasteiger partial charge in [-0.15, -0.1) is 11.8 Å². The third kappa shape index (κ3) is 6.36. The number of amides is 2. The number of unbranched alkanes of at least 4 members (excludes halogenated alkanes) is 2. The van der Waals surface area contributed by atoms with Crippen LogP contribution in [0.1, 0.15) is 52.9 Å². The summed E-state index contributed by atoms with van der Waals surface area (Å²) in [5, 5.41) is -0.430. The summed E-state index contributed by atoms with van der Waals surface area (Å²) in [5.74, 6) is 0.0166. The zero-order valence-corrected chi connectivity index (χ0v) is 15.6. The molecule has 1 heterocycles. The van der Waals surface area contributed by atoms with Crippen molar-refractivity contribution in [2.24, 2.45) is 11.7 Å². The van der Waals surface area contributed by atoms with Crippen LogP contribution < -0.4 is 5.73 Å². The molecule has 0 aromatic heterocycles. The van der Waals surface area contributed by atoms with Crippen LogP contribution in [-0.2, 0) is 19.2 Å². The first-order valence-corrected chi connectivity index (χ1v) is 9.53. The summed E-state index contributed by atoms with van der Waals surface area (Å²) >= 11 is 1.30. The first-order valence-electron chi connectivity index (χ1n) is 8.48. The number of carbonyl (C=O) groups is 4. The van der Waals surface area contributed by atoms with Crippen molar-refractivity contribution in [2.75, 3.05) is 12.3 Å². The number of likely N-dealkylation sites (tertiary alicyclic amines) is 1. The minimum absolute atomic E-state index is 0.0263. The number of carbonyl (C=O) groups excluding carboxylic acids is 4. The van der Waals surface area contributed by atoms with Gasteiger partial charge in [0, 0.05) is 31.1 Å². The van der Waals surface area contributed by atoms with Crippen molar-refractivity contribution >= 4 is 35.1 Å². The van der Waals surface area contributed by atoms with E-state index < -0.39 is 11.3 Å². The fourth-order valence-electron chi connectivity index (χ4n) is 2.57. The Morgan fingerprint density at radius 1 is 1.25 bits per heavy atom. The van der Waals surface area contributed by atoms with E-state index in [9.17, 15) is 19.2 Å². The highest BCUT2D eigenvalue weighted by molar-refractivity contribution is 8.00. The molecule has 6 nitrogen and oxygen atoms in total. The van der Waals surface area contributed by atoms with Gasteiger partial charge in [-0.25, -0.2) is 0 Å². The van der Waals surface area contributed by atoms with Crippen molar-refractivity contribution in [3.8, 4) is 0 Å². The molecule has 1 rings (SSSR count). The Kier molecular flexibility index (Phi) is 8.62. The molecular weight excluding hydrogens is 328 g/mol. The molecule has 2 atom stereocenters. The van der Waals surface area contributed by atoms with Crippen molar-refractivity contribution in [1.29, 1.82) is 0 Å². The molecule has 1 fully saturated rings. The number of Topliss-reactive ketones (excluding diaryl/α,β-unsaturated/α-hetero) is 2. The van der Waals surface area contributed by atoms with Crippen molar-refractivity contribution < 1.29 is 19.2 Å². The minimum atomic E-state index is -0.599. The quantitative estimate of drug-likeness (QED) is 0.445. The lowest BCUT2D eigenvalue weighted by Crippen LogP contribution is -2.37. The Bertz CT molecular complexity index is 493. The zero-order valence-electron chi connectivity index (χ0n) is 14.7. The monoisotopic (exact) mass is 356 g/mol. The molecule has 2 amide bonds. The van der Waals surface area contributed by atoms with E-state index in [0.717, 1.165) is 12.8 Å². The van der Waals surface area contributed by atoms with Crippen LogP contribution >= 0.6 is 11.8 Å². The first kappa shape index (κ1) is 20.8. The molecule has 136 valence electrons. The van der Waals surface area contributed by atoms with Crippen LogP contribution in [0.25, 0.3) is 0 Å². The summed E-state index contributed by atoms with van der Waals surface area (Å²) in [5.41, 5.74) is 5.84. The van der Waals surface area contributed by atoms with E-state index in [-0.39, 0.29) is 35.7 Å². The number of nitrogens with two attached hydrogens (primary N) is 1. The summed E-state index contributed by atoms with van der Waals surface area (Å²) in [6, 6.07) is -0.599. The summed E-state index contributed by atoms with van der Waals surface area (Å²) < 4.78 is 0. The maximum atomic E-state index is 12.3. The van der Waals surface area contributed by atoms with Gasteiger partial charge in [-0.3, -0.25) is 19.3 Å². The van der Waals surface area contributed by atoms with Crippen LogP contribution in [0.4, 0.5) is 0 Å². The molecular formula is C17H28N2O4S. The van der Waals surface area contributed by atoms with E-state index in [2.05, 4.69) is 0 Å². The number of hydrogen-bond acceptors (Lipinski definition) is 6. The van der Waals surface area contributed by atoms with E-state index in [1.165, 1.54) is 16.7 Å². The van der Waals surface area contributed by atoms with Gasteiger partial charge in [0.1, 0.15) is 5.78 Å². The Balaban J connectivity index is 2.37. The predicted octanol–water partition coefficient (Wildman–Crippen LogP) is 1.55. The summed E-state index contributed by atoms with van der Waals surface area (Å²) in [4.78, 5) is 48.3. The highest BCUT2D eigenvalue weighted by atomic mass is 32.2. The Hall–Kier alpha value is -1.21. The van der Waals surface area contributed by atoms with Gasteiger partial charge in [0.15, 0.2) is 5.78 Å². The molecule has 0 aliphatic carbocycles. The number of imide groups is 1. The van der Waals surface area contributed by atoms with Gasteiger partial charge in [-0.2, -0.15) is 0 Å². The summed E-state index contributed by atoms with van der Waals surface area (Å²) in [6.45, 7) is 5.56. The fourth-order valence-corrected chi connectivity index (χ4v) is 3.70. The molecule has 0 bridgehead atoms. The first-order chi connectivity index (χ1) is 11.2. The Morgan fingerprint density at radius 3 is 2.50 bits per heavy atom. The van der Waals surface area contributed by atoms with Gasteiger partial charge in [0.2, 0.25) is 11.8 Å². The number of thioether (sulfide) groups is 1. The van der Waals surface area contributed by atoms with Crippen molar-refractivity contribution in [3.05, 3.63) is 0 Å². The third-order valence-electron chi connectivity index (χ3n) is 4.02. The lowest BCUT2D eigenvalue weighted by Gasteiger charge is -2.16. The van der Waals surface area contributed by atoms with Gasteiger partial charge in [0.05, 0.1) is 11.3 Å². The Labute approximate surface area is 147 Å². The molecule has 1 saturated heterocycles. The second-order valence-corrected chi connectivity index (χ2v) is 7.82. The molecule has 2 unspecified atom stereocenters. The largest absolute Gasteiger partial charge is 0.321 e. The van der Waals surface area contributed by atoms with Crippen molar-refractivity contribution in [2.45, 2.75) is 64.2 Å². The lowest BCUT2D eigenvalue weighted by molar-refractivity contribution is -0.138. The molecule has 0 saturated carbocycles. The van der Waals surface area contributed by atoms with Crippen LogP contribution in [-0.4, -0.2) is 51.9 Å². The van der Waals surface area contributed by atoms with Crippen LogP contribution in [0.15, 0.2) is 0 Å². The van der Waals surface area contributed by atoms with Crippen molar-refractivity contribution in [3.63, 3.8) is 0 Å². The van der Waals surface area contributed by atoms with Crippen LogP contribution in [0, 0.1) is 5.92 Å². The molecule has 0 aromatic carbocycles. The SMILES string of the molecule is CC(=O)CCCCCN1C(=O)CC(SCC(N)C(=O)C(C)C)C1=O. The molecule has 0 spiro atoms. The predicted molar refractivity (Wildman–Crippen MR) is 94.6 cm³/mol. The topological polar surface area (TPSA) is 97.5 Å². The zero-order chi connectivity index (χ0) is 18.3.